The standard InChI is InChI=1S/C18H19N3OS/c19-16-14-10-11-23-18(14)21-17(20-16)13-8-4-5-9-15(13)22-12-6-2-1-3-7-12/h4-5,8-12H,1-3,6-7H2,(H2,19,20,21). The number of nitrogens with two attached hydrogens (primary N) is 1. The summed E-state index contributed by atoms with van der Waals surface area (Å²) in [5, 5.41) is 2.91. The lowest BCUT2D eigenvalue weighted by Gasteiger charge is -2.24. The molecule has 2 aromatic heterocycles. The molecule has 1 fully saturated rings. The number of anilines is 1. The maximum Gasteiger partial charge on any atom is 0.166 e. The van der Waals surface area contributed by atoms with Crippen LogP contribution in [0.2, 0.25) is 0 Å². The van der Waals surface area contributed by atoms with Gasteiger partial charge in [-0.05, 0) is 49.3 Å². The molecule has 2 heterocycles. The van der Waals surface area contributed by atoms with Gasteiger partial charge in [0, 0.05) is 0 Å². The summed E-state index contributed by atoms with van der Waals surface area (Å²) in [6.07, 6.45) is 6.36. The Balaban J connectivity index is 1.72. The van der Waals surface area contributed by atoms with E-state index in [-0.39, 0.29) is 0 Å². The number of rotatable bonds is 3. The molecule has 0 radical (unpaired) electrons. The maximum atomic E-state index is 6.26. The van der Waals surface area contributed by atoms with Gasteiger partial charge in [-0.2, -0.15) is 0 Å². The van der Waals surface area contributed by atoms with Crippen molar-refractivity contribution in [1.29, 1.82) is 0 Å². The molecule has 0 unspecified atom stereocenters. The van der Waals surface area contributed by atoms with Crippen LogP contribution in [-0.4, -0.2) is 16.1 Å². The molecule has 23 heavy (non-hydrogen) atoms. The summed E-state index contributed by atoms with van der Waals surface area (Å²) in [5.41, 5.74) is 7.00. The number of benzene rings is 1. The van der Waals surface area contributed by atoms with Gasteiger partial charge in [-0.1, -0.05) is 18.6 Å². The molecule has 1 aliphatic rings. The predicted octanol–water partition coefficient (Wildman–Crippen LogP) is 4.65. The third-order valence-corrected chi connectivity index (χ3v) is 5.13. The molecule has 4 rings (SSSR count). The molecule has 1 aromatic carbocycles. The Kier molecular flexibility index (Phi) is 3.87. The van der Waals surface area contributed by atoms with Crippen molar-refractivity contribution < 1.29 is 4.74 Å². The largest absolute Gasteiger partial charge is 0.490 e. The van der Waals surface area contributed by atoms with E-state index < -0.39 is 0 Å². The Hall–Kier alpha value is -2.14. The van der Waals surface area contributed by atoms with Crippen LogP contribution in [-0.2, 0) is 0 Å². The summed E-state index contributed by atoms with van der Waals surface area (Å²) in [6.45, 7) is 0. The molecule has 4 nitrogen and oxygen atoms in total. The van der Waals surface area contributed by atoms with Crippen LogP contribution < -0.4 is 10.5 Å². The lowest BCUT2D eigenvalue weighted by Crippen LogP contribution is -2.20. The number of hydrogen-bond donors (Lipinski definition) is 1. The molecule has 0 amide bonds. The van der Waals surface area contributed by atoms with Gasteiger partial charge in [0.25, 0.3) is 0 Å². The monoisotopic (exact) mass is 325 g/mol. The van der Waals surface area contributed by atoms with E-state index in [2.05, 4.69) is 9.97 Å². The number of thiophene rings is 1. The summed E-state index contributed by atoms with van der Waals surface area (Å²) in [5.74, 6) is 2.03. The average Bonchev–Trinajstić information content (AvgIpc) is 3.05. The normalized spacial score (nSPS) is 15.8. The third kappa shape index (κ3) is 2.88. The van der Waals surface area contributed by atoms with E-state index in [1.165, 1.54) is 19.3 Å². The smallest absolute Gasteiger partial charge is 0.166 e. The predicted molar refractivity (Wildman–Crippen MR) is 94.8 cm³/mol. The summed E-state index contributed by atoms with van der Waals surface area (Å²) in [7, 11) is 0. The minimum atomic E-state index is 0.299. The summed E-state index contributed by atoms with van der Waals surface area (Å²) >= 11 is 1.58. The molecule has 0 bridgehead atoms. The lowest BCUT2D eigenvalue weighted by atomic mass is 9.97. The van der Waals surface area contributed by atoms with Gasteiger partial charge in [0.05, 0.1) is 17.1 Å². The highest BCUT2D eigenvalue weighted by atomic mass is 32.1. The van der Waals surface area contributed by atoms with Gasteiger partial charge in [-0.15, -0.1) is 11.3 Å². The molecule has 5 heteroatoms. The Labute approximate surface area is 139 Å². The van der Waals surface area contributed by atoms with Gasteiger partial charge in [-0.25, -0.2) is 9.97 Å². The number of para-hydroxylation sites is 1. The van der Waals surface area contributed by atoms with Crippen LogP contribution in [0.4, 0.5) is 5.82 Å². The molecule has 0 aliphatic heterocycles. The van der Waals surface area contributed by atoms with Crippen molar-refractivity contribution in [2.75, 3.05) is 5.73 Å². The van der Waals surface area contributed by atoms with Crippen molar-refractivity contribution in [3.63, 3.8) is 0 Å². The minimum Gasteiger partial charge on any atom is -0.490 e. The number of nitrogens with zero attached hydrogens (tertiary/aromatic N) is 2. The molecule has 0 saturated heterocycles. The molecular formula is C18H19N3OS. The van der Waals surface area contributed by atoms with E-state index in [1.807, 2.05) is 35.7 Å². The van der Waals surface area contributed by atoms with Crippen molar-refractivity contribution in [2.45, 2.75) is 38.2 Å². The van der Waals surface area contributed by atoms with E-state index in [1.54, 1.807) is 11.3 Å². The molecule has 1 saturated carbocycles. The van der Waals surface area contributed by atoms with E-state index in [9.17, 15) is 0 Å². The van der Waals surface area contributed by atoms with Gasteiger partial charge in [0.1, 0.15) is 16.4 Å². The first-order valence-corrected chi connectivity index (χ1v) is 8.96. The van der Waals surface area contributed by atoms with Crippen LogP contribution in [0, 0.1) is 0 Å². The fourth-order valence-electron chi connectivity index (χ4n) is 3.12. The van der Waals surface area contributed by atoms with Crippen molar-refractivity contribution in [3.8, 4) is 17.1 Å². The SMILES string of the molecule is Nc1nc(-c2ccccc2OC2CCCCC2)nc2sccc12. The second-order valence-corrected chi connectivity index (χ2v) is 6.84. The Morgan fingerprint density at radius 3 is 2.74 bits per heavy atom. The highest BCUT2D eigenvalue weighted by molar-refractivity contribution is 7.16. The molecule has 1 aliphatic carbocycles. The van der Waals surface area contributed by atoms with E-state index in [4.69, 9.17) is 10.5 Å². The first kappa shape index (κ1) is 14.5. The van der Waals surface area contributed by atoms with Crippen LogP contribution in [0.5, 0.6) is 5.75 Å². The zero-order valence-electron chi connectivity index (χ0n) is 12.9. The number of aromatic nitrogens is 2. The Morgan fingerprint density at radius 1 is 1.04 bits per heavy atom. The minimum absolute atomic E-state index is 0.299. The quantitative estimate of drug-likeness (QED) is 0.761. The summed E-state index contributed by atoms with van der Waals surface area (Å²) < 4.78 is 6.26. The highest BCUT2D eigenvalue weighted by Gasteiger charge is 2.18. The van der Waals surface area contributed by atoms with Crippen molar-refractivity contribution in [2.24, 2.45) is 0 Å². The van der Waals surface area contributed by atoms with E-state index >= 15 is 0 Å². The summed E-state index contributed by atoms with van der Waals surface area (Å²) in [4.78, 5) is 10.1. The van der Waals surface area contributed by atoms with Gasteiger partial charge >= 0.3 is 0 Å². The van der Waals surface area contributed by atoms with Crippen LogP contribution in [0.3, 0.4) is 0 Å². The number of fused-ring (bicyclic) bond motifs is 1. The van der Waals surface area contributed by atoms with Crippen LogP contribution in [0.25, 0.3) is 21.6 Å². The zero-order valence-corrected chi connectivity index (χ0v) is 13.7. The fourth-order valence-corrected chi connectivity index (χ4v) is 3.89. The fraction of sp³-hybridized carbons (Fsp3) is 0.333. The molecule has 0 spiro atoms. The maximum absolute atomic E-state index is 6.26. The van der Waals surface area contributed by atoms with Crippen molar-refractivity contribution in [1.82, 2.24) is 9.97 Å². The Bertz CT molecular complexity index is 824. The van der Waals surface area contributed by atoms with Crippen LogP contribution >= 0.6 is 11.3 Å². The highest BCUT2D eigenvalue weighted by Crippen LogP contribution is 2.33. The average molecular weight is 325 g/mol. The molecule has 118 valence electrons. The van der Waals surface area contributed by atoms with Gasteiger partial charge in [-0.3, -0.25) is 0 Å². The molecule has 3 aromatic rings. The topological polar surface area (TPSA) is 61.0 Å². The van der Waals surface area contributed by atoms with E-state index in [0.717, 1.165) is 34.4 Å². The van der Waals surface area contributed by atoms with E-state index in [0.29, 0.717) is 17.7 Å². The third-order valence-electron chi connectivity index (χ3n) is 4.33. The van der Waals surface area contributed by atoms with Gasteiger partial charge < -0.3 is 10.5 Å². The number of hydrogen-bond acceptors (Lipinski definition) is 5. The first-order valence-electron chi connectivity index (χ1n) is 8.08. The van der Waals surface area contributed by atoms with Crippen LogP contribution in [0.1, 0.15) is 32.1 Å². The number of ether oxygens (including phenoxy) is 1. The second kappa shape index (κ2) is 6.16. The van der Waals surface area contributed by atoms with Crippen molar-refractivity contribution >= 4 is 27.4 Å². The lowest BCUT2D eigenvalue weighted by molar-refractivity contribution is 0.155. The molecule has 0 atom stereocenters. The molecular weight excluding hydrogens is 306 g/mol. The van der Waals surface area contributed by atoms with Gasteiger partial charge in [0.2, 0.25) is 0 Å². The van der Waals surface area contributed by atoms with Gasteiger partial charge in [0.15, 0.2) is 5.82 Å². The first-order chi connectivity index (χ1) is 11.3. The second-order valence-electron chi connectivity index (χ2n) is 5.95. The van der Waals surface area contributed by atoms with Crippen molar-refractivity contribution in [3.05, 3.63) is 35.7 Å². The Morgan fingerprint density at radius 2 is 1.87 bits per heavy atom. The van der Waals surface area contributed by atoms with Crippen LogP contribution in [0.15, 0.2) is 35.7 Å². The summed E-state index contributed by atoms with van der Waals surface area (Å²) in [6, 6.07) is 9.95. The number of nitrogen functional groups attached to an aromatic ring is 1. The zero-order chi connectivity index (χ0) is 15.6. The molecule has 2 N–H and O–H groups in total.